The summed E-state index contributed by atoms with van der Waals surface area (Å²) in [5, 5.41) is 2.74. The van der Waals surface area contributed by atoms with Crippen LogP contribution in [0, 0.1) is 0 Å². The molecule has 162 valence electrons. The molecule has 0 fully saturated rings. The summed E-state index contributed by atoms with van der Waals surface area (Å²) in [7, 11) is 0. The van der Waals surface area contributed by atoms with Gasteiger partial charge in [0.2, 0.25) is 0 Å². The number of hydrogen-bond donors (Lipinski definition) is 1. The summed E-state index contributed by atoms with van der Waals surface area (Å²) in [6.45, 7) is 7.35. The first-order chi connectivity index (χ1) is 14.7. The van der Waals surface area contributed by atoms with E-state index in [2.05, 4.69) is 10.3 Å². The summed E-state index contributed by atoms with van der Waals surface area (Å²) in [4.78, 5) is 42.1. The highest BCUT2D eigenvalue weighted by atomic mass is 16.6. The molecule has 0 radical (unpaired) electrons. The minimum Gasteiger partial charge on any atom is -0.462 e. The van der Waals surface area contributed by atoms with Crippen LogP contribution in [0.5, 0.6) is 0 Å². The zero-order valence-electron chi connectivity index (χ0n) is 18.0. The van der Waals surface area contributed by atoms with Crippen LogP contribution in [0.15, 0.2) is 53.5 Å². The van der Waals surface area contributed by atoms with Crippen molar-refractivity contribution in [3.63, 3.8) is 0 Å². The zero-order valence-corrected chi connectivity index (χ0v) is 18.0. The fourth-order valence-corrected chi connectivity index (χ4v) is 2.97. The van der Waals surface area contributed by atoms with Crippen LogP contribution in [0.2, 0.25) is 0 Å². The lowest BCUT2D eigenvalue weighted by molar-refractivity contribution is 0.0527. The second-order valence-electron chi connectivity index (χ2n) is 7.90. The van der Waals surface area contributed by atoms with Gasteiger partial charge in [-0.15, -0.1) is 0 Å². The Morgan fingerprint density at radius 1 is 1.13 bits per heavy atom. The fourth-order valence-electron chi connectivity index (χ4n) is 2.97. The molecule has 0 aliphatic rings. The summed E-state index contributed by atoms with van der Waals surface area (Å²) in [5.41, 5.74) is 0.257. The number of fused-ring (bicyclic) bond motifs is 1. The molecule has 8 nitrogen and oxygen atoms in total. The first kappa shape index (κ1) is 22.0. The quantitative estimate of drug-likeness (QED) is 0.624. The van der Waals surface area contributed by atoms with Crippen molar-refractivity contribution >= 4 is 28.8 Å². The summed E-state index contributed by atoms with van der Waals surface area (Å²) >= 11 is 0. The Kier molecular flexibility index (Phi) is 6.39. The van der Waals surface area contributed by atoms with Crippen LogP contribution in [0.1, 0.15) is 43.6 Å². The molecule has 2 heterocycles. The second kappa shape index (κ2) is 8.99. The van der Waals surface area contributed by atoms with E-state index in [4.69, 9.17) is 9.47 Å². The van der Waals surface area contributed by atoms with Crippen LogP contribution < -0.4 is 10.9 Å². The highest BCUT2D eigenvalue weighted by Crippen LogP contribution is 2.21. The van der Waals surface area contributed by atoms with Crippen molar-refractivity contribution in [1.29, 1.82) is 0 Å². The third-order valence-corrected chi connectivity index (χ3v) is 4.27. The Morgan fingerprint density at radius 3 is 2.48 bits per heavy atom. The van der Waals surface area contributed by atoms with Gasteiger partial charge >= 0.3 is 12.1 Å². The van der Waals surface area contributed by atoms with E-state index >= 15 is 0 Å². The van der Waals surface area contributed by atoms with Crippen molar-refractivity contribution in [3.05, 3.63) is 70.1 Å². The topological polar surface area (TPSA) is 99.5 Å². The molecular weight excluding hydrogens is 398 g/mol. The SMILES string of the molecule is CCOC(=O)c1cc2c(=O)n(Cc3ccccc3)ccc2nc1NC(=O)OC(C)(C)C. The van der Waals surface area contributed by atoms with Crippen LogP contribution in [-0.2, 0) is 16.0 Å². The Balaban J connectivity index is 2.05. The number of nitrogens with zero attached hydrogens (tertiary/aromatic N) is 2. The van der Waals surface area contributed by atoms with Gasteiger partial charge in [-0.3, -0.25) is 10.1 Å². The van der Waals surface area contributed by atoms with Crippen molar-refractivity contribution in [1.82, 2.24) is 9.55 Å². The maximum Gasteiger partial charge on any atom is 0.413 e. The van der Waals surface area contributed by atoms with Gasteiger partial charge in [-0.25, -0.2) is 14.6 Å². The summed E-state index contributed by atoms with van der Waals surface area (Å²) < 4.78 is 11.9. The van der Waals surface area contributed by atoms with Crippen molar-refractivity contribution in [3.8, 4) is 0 Å². The largest absolute Gasteiger partial charge is 0.462 e. The molecule has 3 rings (SSSR count). The number of benzene rings is 1. The minimum absolute atomic E-state index is 0.0187. The van der Waals surface area contributed by atoms with Crippen molar-refractivity contribution < 1.29 is 19.1 Å². The molecule has 0 atom stereocenters. The molecular formula is C23H25N3O5. The first-order valence-corrected chi connectivity index (χ1v) is 9.93. The molecule has 0 saturated heterocycles. The minimum atomic E-state index is -0.762. The van der Waals surface area contributed by atoms with Crippen LogP contribution in [0.3, 0.4) is 0 Å². The third kappa shape index (κ3) is 5.48. The number of aromatic nitrogens is 2. The number of rotatable bonds is 5. The molecule has 1 amide bonds. The van der Waals surface area contributed by atoms with Gasteiger partial charge in [0.1, 0.15) is 11.2 Å². The van der Waals surface area contributed by atoms with Gasteiger partial charge < -0.3 is 14.0 Å². The van der Waals surface area contributed by atoms with E-state index in [1.165, 1.54) is 10.6 Å². The summed E-state index contributed by atoms with van der Waals surface area (Å²) in [6.07, 6.45) is 0.869. The zero-order chi connectivity index (χ0) is 22.6. The maximum atomic E-state index is 13.0. The molecule has 31 heavy (non-hydrogen) atoms. The lowest BCUT2D eigenvalue weighted by Gasteiger charge is -2.20. The van der Waals surface area contributed by atoms with Crippen molar-refractivity contribution in [2.24, 2.45) is 0 Å². The van der Waals surface area contributed by atoms with E-state index in [0.717, 1.165) is 5.56 Å². The molecule has 0 unspecified atom stereocenters. The molecule has 0 aliphatic heterocycles. The number of amides is 1. The van der Waals surface area contributed by atoms with Gasteiger partial charge in [0, 0.05) is 6.20 Å². The number of anilines is 1. The number of carbonyl (C=O) groups is 2. The highest BCUT2D eigenvalue weighted by Gasteiger charge is 2.22. The second-order valence-corrected chi connectivity index (χ2v) is 7.90. The molecule has 0 spiro atoms. The Hall–Kier alpha value is -3.68. The van der Waals surface area contributed by atoms with Gasteiger partial charge in [-0.1, -0.05) is 30.3 Å². The van der Waals surface area contributed by atoms with Gasteiger partial charge in [0.25, 0.3) is 5.56 Å². The average molecular weight is 423 g/mol. The van der Waals surface area contributed by atoms with Crippen molar-refractivity contribution in [2.75, 3.05) is 11.9 Å². The molecule has 0 bridgehead atoms. The first-order valence-electron chi connectivity index (χ1n) is 9.93. The van der Waals surface area contributed by atoms with Gasteiger partial charge in [-0.05, 0) is 45.4 Å². The van der Waals surface area contributed by atoms with E-state index < -0.39 is 17.7 Å². The molecule has 0 aliphatic carbocycles. The Bertz CT molecular complexity index is 1160. The maximum absolute atomic E-state index is 13.0. The number of pyridine rings is 2. The van der Waals surface area contributed by atoms with E-state index in [1.807, 2.05) is 30.3 Å². The summed E-state index contributed by atoms with van der Waals surface area (Å²) in [6, 6.07) is 12.6. The molecule has 3 aromatic rings. The van der Waals surface area contributed by atoms with Crippen LogP contribution in [0.4, 0.5) is 10.6 Å². The average Bonchev–Trinajstić information content (AvgIpc) is 2.69. The van der Waals surface area contributed by atoms with Crippen LogP contribution in [-0.4, -0.2) is 33.8 Å². The fraction of sp³-hybridized carbons (Fsp3) is 0.304. The lowest BCUT2D eigenvalue weighted by atomic mass is 10.1. The van der Waals surface area contributed by atoms with Gasteiger partial charge in [-0.2, -0.15) is 0 Å². The Morgan fingerprint density at radius 2 is 1.84 bits per heavy atom. The normalized spacial score (nSPS) is 11.2. The standard InChI is InChI=1S/C23H25N3O5/c1-5-30-21(28)17-13-16-18(24-19(17)25-22(29)31-23(2,3)4)11-12-26(20(16)27)14-15-9-7-6-8-10-15/h6-13H,5,14H2,1-4H3,(H,24,25,29). The predicted octanol–water partition coefficient (Wildman–Crippen LogP) is 3.97. The molecule has 1 aromatic carbocycles. The van der Waals surface area contributed by atoms with Crippen LogP contribution >= 0.6 is 0 Å². The monoisotopic (exact) mass is 423 g/mol. The van der Waals surface area contributed by atoms with E-state index in [-0.39, 0.29) is 28.9 Å². The molecule has 8 heteroatoms. The van der Waals surface area contributed by atoms with E-state index in [1.54, 1.807) is 40.0 Å². The van der Waals surface area contributed by atoms with Crippen molar-refractivity contribution in [2.45, 2.75) is 39.8 Å². The molecule has 0 saturated carbocycles. The lowest BCUT2D eigenvalue weighted by Crippen LogP contribution is -2.28. The number of esters is 1. The number of ether oxygens (including phenoxy) is 2. The van der Waals surface area contributed by atoms with E-state index in [9.17, 15) is 14.4 Å². The highest BCUT2D eigenvalue weighted by molar-refractivity contribution is 6.02. The number of nitrogens with one attached hydrogen (secondary N) is 1. The molecule has 2 aromatic heterocycles. The summed E-state index contributed by atoms with van der Waals surface area (Å²) in [5.74, 6) is -0.721. The molecule has 1 N–H and O–H groups in total. The van der Waals surface area contributed by atoms with Crippen LogP contribution in [0.25, 0.3) is 10.9 Å². The number of hydrogen-bond acceptors (Lipinski definition) is 6. The predicted molar refractivity (Wildman–Crippen MR) is 117 cm³/mol. The Labute approximate surface area is 179 Å². The third-order valence-electron chi connectivity index (χ3n) is 4.27. The smallest absolute Gasteiger partial charge is 0.413 e. The van der Waals surface area contributed by atoms with Gasteiger partial charge in [0.05, 0.1) is 24.1 Å². The van der Waals surface area contributed by atoms with E-state index in [0.29, 0.717) is 12.1 Å². The number of carbonyl (C=O) groups excluding carboxylic acids is 2. The van der Waals surface area contributed by atoms with Gasteiger partial charge in [0.15, 0.2) is 5.82 Å².